The number of ether oxygens (including phenoxy) is 3. The molecule has 3 aromatic rings. The molecule has 3 N–H and O–H groups in total. The fourth-order valence-electron chi connectivity index (χ4n) is 5.09. The topological polar surface area (TPSA) is 139 Å². The molecular formula is C33H39N5O7. The third-order valence-corrected chi connectivity index (χ3v) is 7.35. The van der Waals surface area contributed by atoms with Crippen molar-refractivity contribution < 1.29 is 33.4 Å². The number of anilines is 3. The van der Waals surface area contributed by atoms with E-state index in [1.165, 1.54) is 21.1 Å². The first kappa shape index (κ1) is 33.0. The van der Waals surface area contributed by atoms with Crippen LogP contribution in [-0.4, -0.2) is 74.4 Å². The van der Waals surface area contributed by atoms with Gasteiger partial charge in [0.1, 0.15) is 5.75 Å². The molecule has 0 aliphatic carbocycles. The van der Waals surface area contributed by atoms with Gasteiger partial charge in [-0.2, -0.15) is 0 Å². The van der Waals surface area contributed by atoms with E-state index in [2.05, 4.69) is 16.0 Å². The number of benzene rings is 3. The molecule has 12 nitrogen and oxygen atoms in total. The number of carbonyl (C=O) groups is 4. The third-order valence-electron chi connectivity index (χ3n) is 7.35. The maximum Gasteiger partial charge on any atom is 0.323 e. The third kappa shape index (κ3) is 9.03. The van der Waals surface area contributed by atoms with Gasteiger partial charge in [-0.05, 0) is 53.9 Å². The number of hydrogen-bond acceptors (Lipinski definition) is 8. The van der Waals surface area contributed by atoms with E-state index < -0.39 is 18.0 Å². The molecule has 1 atom stereocenters. The first-order valence-electron chi connectivity index (χ1n) is 14.6. The van der Waals surface area contributed by atoms with Crippen molar-refractivity contribution in [1.82, 2.24) is 10.0 Å². The summed E-state index contributed by atoms with van der Waals surface area (Å²) in [7, 11) is 2.80. The Kier molecular flexibility index (Phi) is 11.5. The Morgan fingerprint density at radius 3 is 2.24 bits per heavy atom. The maximum atomic E-state index is 12.9. The Morgan fingerprint density at radius 1 is 0.911 bits per heavy atom. The van der Waals surface area contributed by atoms with Crippen LogP contribution in [0.1, 0.15) is 36.1 Å². The highest BCUT2D eigenvalue weighted by atomic mass is 16.5. The summed E-state index contributed by atoms with van der Waals surface area (Å²) in [5.74, 6) is -0.490. The predicted molar refractivity (Wildman–Crippen MR) is 170 cm³/mol. The number of methoxy groups -OCH3 is 2. The van der Waals surface area contributed by atoms with Crippen LogP contribution in [0.5, 0.6) is 5.75 Å². The van der Waals surface area contributed by atoms with Crippen LogP contribution < -0.4 is 20.7 Å². The monoisotopic (exact) mass is 617 g/mol. The van der Waals surface area contributed by atoms with Crippen molar-refractivity contribution >= 4 is 40.9 Å². The highest BCUT2D eigenvalue weighted by Crippen LogP contribution is 2.29. The van der Waals surface area contributed by atoms with E-state index in [-0.39, 0.29) is 24.7 Å². The molecule has 12 heteroatoms. The number of hydrogen-bond donors (Lipinski definition) is 3. The quantitative estimate of drug-likeness (QED) is 0.267. The van der Waals surface area contributed by atoms with E-state index in [0.717, 1.165) is 11.1 Å². The minimum atomic E-state index is -0.587. The number of amides is 4. The van der Waals surface area contributed by atoms with Crippen molar-refractivity contribution in [2.24, 2.45) is 0 Å². The van der Waals surface area contributed by atoms with Gasteiger partial charge < -0.3 is 30.2 Å². The Bertz CT molecular complexity index is 1510. The molecule has 0 bridgehead atoms. The van der Waals surface area contributed by atoms with Gasteiger partial charge in [0.25, 0.3) is 0 Å². The standard InChI is InChI=1S/C33H39N5O7/c1-22-7-5-6-8-27(22)35-33(42)36-28-14-9-24(19-30(28)43-3)20-31(40)34-26-12-10-25(11-13-26)29(21-32(41)44-4)38(23(2)39)37-15-17-45-18-16-37/h5-14,19,29H,15-18,20-21H2,1-4H3,(H,34,40)(H2,35,36,42). The SMILES string of the molecule is COC(=O)CC(c1ccc(NC(=O)Cc2ccc(NC(=O)Nc3ccccc3C)c(OC)c2)cc1)N(C(C)=O)N1CCOCC1. The molecule has 0 spiro atoms. The van der Waals surface area contributed by atoms with Gasteiger partial charge in [0, 0.05) is 31.4 Å². The molecule has 4 rings (SSSR count). The summed E-state index contributed by atoms with van der Waals surface area (Å²) in [5.41, 5.74) is 4.05. The predicted octanol–water partition coefficient (Wildman–Crippen LogP) is 4.53. The molecule has 0 radical (unpaired) electrons. The zero-order chi connectivity index (χ0) is 32.3. The Balaban J connectivity index is 1.41. The molecule has 0 saturated carbocycles. The number of carbonyl (C=O) groups excluding carboxylic acids is 4. The summed E-state index contributed by atoms with van der Waals surface area (Å²) >= 11 is 0. The molecule has 3 aromatic carbocycles. The van der Waals surface area contributed by atoms with E-state index in [0.29, 0.717) is 54.7 Å². The van der Waals surface area contributed by atoms with E-state index >= 15 is 0 Å². The summed E-state index contributed by atoms with van der Waals surface area (Å²) in [4.78, 5) is 50.5. The van der Waals surface area contributed by atoms with Gasteiger partial charge in [0.2, 0.25) is 11.8 Å². The number of aryl methyl sites for hydroxylation is 1. The fraction of sp³-hybridized carbons (Fsp3) is 0.333. The molecule has 238 valence electrons. The van der Waals surface area contributed by atoms with Gasteiger partial charge in [-0.3, -0.25) is 19.4 Å². The zero-order valence-corrected chi connectivity index (χ0v) is 25.9. The Labute approximate surface area is 262 Å². The number of esters is 1. The second-order valence-corrected chi connectivity index (χ2v) is 10.5. The molecule has 1 heterocycles. The number of para-hydroxylation sites is 1. The average molecular weight is 618 g/mol. The van der Waals surface area contributed by atoms with E-state index in [1.54, 1.807) is 47.5 Å². The molecule has 1 saturated heterocycles. The van der Waals surface area contributed by atoms with Crippen molar-refractivity contribution in [2.75, 3.05) is 56.5 Å². The second kappa shape index (κ2) is 15.7. The lowest BCUT2D eigenvalue weighted by Gasteiger charge is -2.41. The van der Waals surface area contributed by atoms with Crippen LogP contribution in [0.15, 0.2) is 66.7 Å². The van der Waals surface area contributed by atoms with E-state index in [1.807, 2.05) is 36.2 Å². The summed E-state index contributed by atoms with van der Waals surface area (Å²) < 4.78 is 15.8. The minimum Gasteiger partial charge on any atom is -0.495 e. The molecule has 1 unspecified atom stereocenters. The summed E-state index contributed by atoms with van der Waals surface area (Å²) in [5, 5.41) is 12.0. The van der Waals surface area contributed by atoms with E-state index in [9.17, 15) is 19.2 Å². The van der Waals surface area contributed by atoms with Crippen molar-refractivity contribution in [2.45, 2.75) is 32.7 Å². The van der Waals surface area contributed by atoms with Crippen LogP contribution in [0.3, 0.4) is 0 Å². The summed E-state index contributed by atoms with van der Waals surface area (Å²) in [6, 6.07) is 18.6. The largest absolute Gasteiger partial charge is 0.495 e. The normalized spacial score (nSPS) is 13.7. The smallest absolute Gasteiger partial charge is 0.323 e. The minimum absolute atomic E-state index is 0.0284. The number of nitrogens with one attached hydrogen (secondary N) is 3. The second-order valence-electron chi connectivity index (χ2n) is 10.5. The Hall–Kier alpha value is -4.94. The lowest BCUT2D eigenvalue weighted by Crippen LogP contribution is -2.52. The zero-order valence-electron chi connectivity index (χ0n) is 25.9. The van der Waals surface area contributed by atoms with Crippen LogP contribution >= 0.6 is 0 Å². The molecule has 1 fully saturated rings. The lowest BCUT2D eigenvalue weighted by molar-refractivity contribution is -0.166. The van der Waals surface area contributed by atoms with Gasteiger partial charge in [-0.25, -0.2) is 9.80 Å². The first-order chi connectivity index (χ1) is 21.7. The van der Waals surface area contributed by atoms with Crippen LogP contribution in [0.4, 0.5) is 21.9 Å². The fourth-order valence-corrected chi connectivity index (χ4v) is 5.09. The molecule has 4 amide bonds. The number of nitrogens with zero attached hydrogens (tertiary/aromatic N) is 2. The number of urea groups is 1. The number of morpholine rings is 1. The number of hydrazine groups is 1. The molecule has 45 heavy (non-hydrogen) atoms. The van der Waals surface area contributed by atoms with Crippen LogP contribution in [0.25, 0.3) is 0 Å². The van der Waals surface area contributed by atoms with Crippen molar-refractivity contribution in [3.8, 4) is 5.75 Å². The maximum absolute atomic E-state index is 12.9. The van der Waals surface area contributed by atoms with Crippen molar-refractivity contribution in [3.05, 3.63) is 83.4 Å². The van der Waals surface area contributed by atoms with Crippen LogP contribution in [0.2, 0.25) is 0 Å². The van der Waals surface area contributed by atoms with Gasteiger partial charge in [0.15, 0.2) is 0 Å². The molecule has 1 aliphatic heterocycles. The van der Waals surface area contributed by atoms with Gasteiger partial charge in [-0.15, -0.1) is 0 Å². The van der Waals surface area contributed by atoms with E-state index in [4.69, 9.17) is 14.2 Å². The summed E-state index contributed by atoms with van der Waals surface area (Å²) in [6.07, 6.45) is 0.0350. The first-order valence-corrected chi connectivity index (χ1v) is 14.6. The van der Waals surface area contributed by atoms with Crippen molar-refractivity contribution in [3.63, 3.8) is 0 Å². The van der Waals surface area contributed by atoms with Crippen LogP contribution in [-0.2, 0) is 30.3 Å². The highest BCUT2D eigenvalue weighted by Gasteiger charge is 2.31. The molecular weight excluding hydrogens is 578 g/mol. The van der Waals surface area contributed by atoms with Gasteiger partial charge in [-0.1, -0.05) is 36.4 Å². The summed E-state index contributed by atoms with van der Waals surface area (Å²) in [6.45, 7) is 5.37. The lowest BCUT2D eigenvalue weighted by atomic mass is 10.0. The molecule has 0 aromatic heterocycles. The highest BCUT2D eigenvalue weighted by molar-refractivity contribution is 6.01. The Morgan fingerprint density at radius 2 is 1.60 bits per heavy atom. The van der Waals surface area contributed by atoms with Gasteiger partial charge >= 0.3 is 12.0 Å². The van der Waals surface area contributed by atoms with Crippen LogP contribution in [0, 0.1) is 6.92 Å². The number of rotatable bonds is 11. The average Bonchev–Trinajstić information content (AvgIpc) is 3.03. The van der Waals surface area contributed by atoms with Gasteiger partial charge in [0.05, 0.1) is 52.0 Å². The van der Waals surface area contributed by atoms with Crippen molar-refractivity contribution in [1.29, 1.82) is 0 Å². The molecule has 1 aliphatic rings.